The van der Waals surface area contributed by atoms with Crippen LogP contribution in [0.4, 0.5) is 0 Å². The highest BCUT2D eigenvalue weighted by Gasteiger charge is 2.37. The summed E-state index contributed by atoms with van der Waals surface area (Å²) in [5.41, 5.74) is 0.218. The molecule has 1 heterocycles. The lowest BCUT2D eigenvalue weighted by Gasteiger charge is -2.31. The summed E-state index contributed by atoms with van der Waals surface area (Å²) in [5.74, 6) is 0.326. The Balaban J connectivity index is 2.58. The third-order valence-corrected chi connectivity index (χ3v) is 2.97. The van der Waals surface area contributed by atoms with Crippen LogP contribution in [0, 0.1) is 11.3 Å². The molecule has 2 heteroatoms. The van der Waals surface area contributed by atoms with Crippen LogP contribution in [0.15, 0.2) is 0 Å². The minimum atomic E-state index is -0.245. The second-order valence-corrected chi connectivity index (χ2v) is 4.05. The van der Waals surface area contributed by atoms with Gasteiger partial charge in [0.1, 0.15) is 0 Å². The van der Waals surface area contributed by atoms with Crippen molar-refractivity contribution in [3.8, 4) is 0 Å². The summed E-state index contributed by atoms with van der Waals surface area (Å²) in [4.78, 5) is 0. The van der Waals surface area contributed by atoms with Gasteiger partial charge in [-0.1, -0.05) is 27.2 Å². The first-order valence-electron chi connectivity index (χ1n) is 4.33. The number of rotatable bonds is 2. The maximum atomic E-state index is 9.53. The third-order valence-electron chi connectivity index (χ3n) is 2.97. The smallest absolute Gasteiger partial charge is 0.0828 e. The predicted molar refractivity (Wildman–Crippen MR) is 44.4 cm³/mol. The van der Waals surface area contributed by atoms with Gasteiger partial charge in [0.05, 0.1) is 19.3 Å². The molecule has 0 spiro atoms. The molecule has 1 rings (SSSR count). The molecule has 1 aliphatic heterocycles. The third kappa shape index (κ3) is 1.74. The second kappa shape index (κ2) is 3.11. The molecule has 1 saturated heterocycles. The van der Waals surface area contributed by atoms with Gasteiger partial charge in [-0.25, -0.2) is 0 Å². The van der Waals surface area contributed by atoms with Gasteiger partial charge in [-0.2, -0.15) is 0 Å². The molecular weight excluding hydrogens is 140 g/mol. The molecule has 0 aliphatic carbocycles. The van der Waals surface area contributed by atoms with Crippen LogP contribution in [0.5, 0.6) is 0 Å². The topological polar surface area (TPSA) is 29.5 Å². The fourth-order valence-corrected chi connectivity index (χ4v) is 1.55. The highest BCUT2D eigenvalue weighted by atomic mass is 16.5. The maximum Gasteiger partial charge on any atom is 0.0828 e. The van der Waals surface area contributed by atoms with Gasteiger partial charge in [0.15, 0.2) is 0 Å². The van der Waals surface area contributed by atoms with E-state index in [9.17, 15) is 5.11 Å². The molecule has 0 aromatic carbocycles. The number of aliphatic hydroxyl groups is 1. The molecule has 2 nitrogen and oxygen atoms in total. The van der Waals surface area contributed by atoms with Crippen molar-refractivity contribution in [1.82, 2.24) is 0 Å². The summed E-state index contributed by atoms with van der Waals surface area (Å²) in [6.07, 6.45) is 0.850. The average Bonchev–Trinajstić information content (AvgIpc) is 2.36. The number of ether oxygens (including phenoxy) is 1. The monoisotopic (exact) mass is 158 g/mol. The lowest BCUT2D eigenvalue weighted by atomic mass is 9.75. The van der Waals surface area contributed by atoms with E-state index in [2.05, 4.69) is 20.8 Å². The fourth-order valence-electron chi connectivity index (χ4n) is 1.55. The zero-order valence-corrected chi connectivity index (χ0v) is 7.63. The Labute approximate surface area is 68.6 Å². The molecule has 0 aromatic rings. The first-order chi connectivity index (χ1) is 5.08. The van der Waals surface area contributed by atoms with Gasteiger partial charge in [0, 0.05) is 5.92 Å². The predicted octanol–water partition coefficient (Wildman–Crippen LogP) is 1.43. The number of aliphatic hydroxyl groups excluding tert-OH is 1. The van der Waals surface area contributed by atoms with E-state index in [4.69, 9.17) is 4.74 Å². The first-order valence-corrected chi connectivity index (χ1v) is 4.33. The molecule has 0 aromatic heterocycles. The van der Waals surface area contributed by atoms with Crippen molar-refractivity contribution in [2.45, 2.75) is 33.3 Å². The van der Waals surface area contributed by atoms with E-state index in [1.54, 1.807) is 0 Å². The Morgan fingerprint density at radius 3 is 2.45 bits per heavy atom. The maximum absolute atomic E-state index is 9.53. The molecule has 0 saturated carbocycles. The average molecular weight is 158 g/mol. The van der Waals surface area contributed by atoms with E-state index in [1.165, 1.54) is 0 Å². The van der Waals surface area contributed by atoms with Gasteiger partial charge in [0.2, 0.25) is 0 Å². The van der Waals surface area contributed by atoms with E-state index in [-0.39, 0.29) is 11.5 Å². The lowest BCUT2D eigenvalue weighted by Crippen LogP contribution is -2.32. The van der Waals surface area contributed by atoms with Crippen LogP contribution in [0.25, 0.3) is 0 Å². The van der Waals surface area contributed by atoms with Crippen molar-refractivity contribution in [3.63, 3.8) is 0 Å². The number of hydrogen-bond donors (Lipinski definition) is 1. The van der Waals surface area contributed by atoms with Crippen molar-refractivity contribution in [2.75, 3.05) is 13.2 Å². The van der Waals surface area contributed by atoms with Crippen LogP contribution in [-0.4, -0.2) is 24.4 Å². The largest absolute Gasteiger partial charge is 0.390 e. The van der Waals surface area contributed by atoms with E-state index >= 15 is 0 Å². The van der Waals surface area contributed by atoms with Crippen LogP contribution in [-0.2, 0) is 4.74 Å². The van der Waals surface area contributed by atoms with Crippen molar-refractivity contribution >= 4 is 0 Å². The van der Waals surface area contributed by atoms with E-state index in [0.717, 1.165) is 13.0 Å². The minimum absolute atomic E-state index is 0.218. The first kappa shape index (κ1) is 9.01. The van der Waals surface area contributed by atoms with Crippen LogP contribution < -0.4 is 0 Å². The molecule has 1 aliphatic rings. The second-order valence-electron chi connectivity index (χ2n) is 4.05. The summed E-state index contributed by atoms with van der Waals surface area (Å²) in [6.45, 7) is 7.78. The Hall–Kier alpha value is -0.0800. The Kier molecular flexibility index (Phi) is 2.55. The highest BCUT2D eigenvalue weighted by Crippen LogP contribution is 2.35. The quantitative estimate of drug-likeness (QED) is 0.658. The molecule has 11 heavy (non-hydrogen) atoms. The molecule has 0 radical (unpaired) electrons. The van der Waals surface area contributed by atoms with Crippen LogP contribution in [0.3, 0.4) is 0 Å². The highest BCUT2D eigenvalue weighted by molar-refractivity contribution is 4.85. The Morgan fingerprint density at radius 2 is 2.09 bits per heavy atom. The molecule has 1 N–H and O–H groups in total. The minimum Gasteiger partial charge on any atom is -0.390 e. The zero-order chi connectivity index (χ0) is 8.48. The summed E-state index contributed by atoms with van der Waals surface area (Å²) in [5, 5.41) is 9.53. The summed E-state index contributed by atoms with van der Waals surface area (Å²) in [7, 11) is 0. The van der Waals surface area contributed by atoms with Crippen molar-refractivity contribution < 1.29 is 9.84 Å². The van der Waals surface area contributed by atoms with E-state index in [0.29, 0.717) is 12.5 Å². The van der Waals surface area contributed by atoms with Crippen LogP contribution in [0.1, 0.15) is 27.2 Å². The van der Waals surface area contributed by atoms with Crippen molar-refractivity contribution in [2.24, 2.45) is 11.3 Å². The van der Waals surface area contributed by atoms with Gasteiger partial charge in [-0.15, -0.1) is 0 Å². The molecule has 1 fully saturated rings. The van der Waals surface area contributed by atoms with E-state index < -0.39 is 0 Å². The molecular formula is C9H18O2. The normalized spacial score (nSPS) is 32.7. The van der Waals surface area contributed by atoms with E-state index in [1.807, 2.05) is 0 Å². The summed E-state index contributed by atoms with van der Waals surface area (Å²) < 4.78 is 5.21. The lowest BCUT2D eigenvalue weighted by molar-refractivity contribution is 0.0701. The van der Waals surface area contributed by atoms with Gasteiger partial charge in [-0.3, -0.25) is 0 Å². The summed E-state index contributed by atoms with van der Waals surface area (Å²) >= 11 is 0. The standard InChI is InChI=1S/C9H18O2/c1-4-9(2,3)7-5-11-6-8(7)10/h7-8,10H,4-6H2,1-3H3. The molecule has 66 valence electrons. The Bertz CT molecular complexity index is 132. The van der Waals surface area contributed by atoms with Gasteiger partial charge >= 0.3 is 0 Å². The SMILES string of the molecule is CCC(C)(C)C1COCC1O. The van der Waals surface area contributed by atoms with Crippen LogP contribution in [0.2, 0.25) is 0 Å². The van der Waals surface area contributed by atoms with Crippen molar-refractivity contribution in [1.29, 1.82) is 0 Å². The van der Waals surface area contributed by atoms with Crippen molar-refractivity contribution in [3.05, 3.63) is 0 Å². The van der Waals surface area contributed by atoms with Gasteiger partial charge in [-0.05, 0) is 5.41 Å². The Morgan fingerprint density at radius 1 is 1.45 bits per heavy atom. The molecule has 2 unspecified atom stereocenters. The fraction of sp³-hybridized carbons (Fsp3) is 1.00. The summed E-state index contributed by atoms with van der Waals surface area (Å²) in [6, 6.07) is 0. The van der Waals surface area contributed by atoms with Crippen LogP contribution >= 0.6 is 0 Å². The zero-order valence-electron chi connectivity index (χ0n) is 7.63. The molecule has 0 bridgehead atoms. The van der Waals surface area contributed by atoms with Gasteiger partial charge in [0.25, 0.3) is 0 Å². The van der Waals surface area contributed by atoms with Gasteiger partial charge < -0.3 is 9.84 Å². The molecule has 2 atom stereocenters. The molecule has 0 amide bonds. The number of hydrogen-bond acceptors (Lipinski definition) is 2.